The van der Waals surface area contributed by atoms with Gasteiger partial charge in [0.05, 0.1) is 0 Å². The molecule has 4 aromatic heterocycles. The van der Waals surface area contributed by atoms with Gasteiger partial charge in [-0.3, -0.25) is 19.9 Å². The van der Waals surface area contributed by atoms with Crippen LogP contribution < -0.4 is 0 Å². The van der Waals surface area contributed by atoms with Crippen molar-refractivity contribution in [3.8, 4) is 28.7 Å². The molecule has 0 saturated carbocycles. The van der Waals surface area contributed by atoms with E-state index in [1.807, 2.05) is 49.6 Å². The average Bonchev–Trinajstić information content (AvgIpc) is 3.19. The van der Waals surface area contributed by atoms with Crippen LogP contribution in [0.2, 0.25) is 0 Å². The summed E-state index contributed by atoms with van der Waals surface area (Å²) in [5.41, 5.74) is 6.71. The van der Waals surface area contributed by atoms with Gasteiger partial charge in [0.15, 0.2) is 17.2 Å². The van der Waals surface area contributed by atoms with Crippen molar-refractivity contribution >= 4 is 0 Å². The number of para-hydroxylation sites is 2. The fourth-order valence-electron chi connectivity index (χ4n) is 5.56. The highest BCUT2D eigenvalue weighted by Crippen LogP contribution is 2.45. The lowest BCUT2D eigenvalue weighted by atomic mass is 9.84. The van der Waals surface area contributed by atoms with Crippen molar-refractivity contribution in [1.29, 1.82) is 0 Å². The van der Waals surface area contributed by atoms with E-state index in [0.717, 1.165) is 25.7 Å². The molecule has 278 valence electrons. The van der Waals surface area contributed by atoms with Crippen LogP contribution in [0.5, 0.6) is 28.7 Å². The summed E-state index contributed by atoms with van der Waals surface area (Å²) in [5, 5.41) is 49.7. The minimum atomic E-state index is -0.648. The third-order valence-corrected chi connectivity index (χ3v) is 8.32. The van der Waals surface area contributed by atoms with Gasteiger partial charge in [-0.05, 0) is 126 Å². The van der Waals surface area contributed by atoms with Crippen LogP contribution in [-0.4, -0.2) is 56.4 Å². The Labute approximate surface area is 313 Å². The predicted molar refractivity (Wildman–Crippen MR) is 208 cm³/mol. The molecule has 4 heterocycles. The lowest BCUT2D eigenvalue weighted by Gasteiger charge is -2.21. The summed E-state index contributed by atoms with van der Waals surface area (Å²) in [4.78, 5) is 16.0. The van der Waals surface area contributed by atoms with Gasteiger partial charge in [-0.2, -0.15) is 0 Å². The number of phenols is 5. The third kappa shape index (κ3) is 12.2. The summed E-state index contributed by atoms with van der Waals surface area (Å²) >= 11 is 0. The summed E-state index contributed by atoms with van der Waals surface area (Å²) in [5.74, 6) is -2.21. The van der Waals surface area contributed by atoms with E-state index < -0.39 is 23.2 Å². The van der Waals surface area contributed by atoms with E-state index in [2.05, 4.69) is 68.5 Å². The molecular formula is C43H44N4O7. The number of hydrogen-bond donors (Lipinski definition) is 5. The topological polar surface area (TPSA) is 216 Å². The van der Waals surface area contributed by atoms with Gasteiger partial charge in [0.1, 0.15) is 11.5 Å². The first-order valence-electron chi connectivity index (χ1n) is 16.7. The Bertz CT molecular complexity index is 1880. The number of pyridine rings is 4. The average molecular weight is 729 g/mol. The van der Waals surface area contributed by atoms with Crippen LogP contribution in [0.1, 0.15) is 44.9 Å². The van der Waals surface area contributed by atoms with Crippen molar-refractivity contribution in [2.45, 2.75) is 31.6 Å². The van der Waals surface area contributed by atoms with Crippen LogP contribution in [0.25, 0.3) is 0 Å². The number of nitrogens with zero attached hydrogens (tertiary/aromatic N) is 4. The maximum absolute atomic E-state index is 10.2. The molecule has 0 aliphatic carbocycles. The quantitative estimate of drug-likeness (QED) is 0.0835. The second kappa shape index (κ2) is 21.5. The van der Waals surface area contributed by atoms with Crippen molar-refractivity contribution in [3.05, 3.63) is 198 Å². The van der Waals surface area contributed by atoms with Gasteiger partial charge in [0.2, 0.25) is 0 Å². The third-order valence-electron chi connectivity index (χ3n) is 8.32. The molecule has 0 unspecified atom stereocenters. The largest absolute Gasteiger partial charge is 0.508 e. The van der Waals surface area contributed by atoms with Crippen LogP contribution in [0.15, 0.2) is 159 Å². The Morgan fingerprint density at radius 2 is 0.648 bits per heavy atom. The molecule has 7 aromatic rings. The minimum Gasteiger partial charge on any atom is -0.508 e. The Balaban J connectivity index is 0.000000226. The highest BCUT2D eigenvalue weighted by atomic mass is 16.3. The van der Waals surface area contributed by atoms with E-state index in [-0.39, 0.29) is 22.5 Å². The summed E-state index contributed by atoms with van der Waals surface area (Å²) in [6.45, 7) is 0. The van der Waals surface area contributed by atoms with Crippen molar-refractivity contribution in [1.82, 2.24) is 19.9 Å². The number of rotatable bonds is 9. The fourth-order valence-corrected chi connectivity index (χ4v) is 5.56. The maximum atomic E-state index is 10.2. The molecule has 9 N–H and O–H groups in total. The monoisotopic (exact) mass is 728 g/mol. The van der Waals surface area contributed by atoms with Crippen LogP contribution in [0.3, 0.4) is 0 Å². The molecule has 0 bridgehead atoms. The van der Waals surface area contributed by atoms with Gasteiger partial charge in [-0.25, -0.2) is 0 Å². The second-order valence-corrected chi connectivity index (χ2v) is 11.9. The van der Waals surface area contributed by atoms with Crippen molar-refractivity contribution in [2.24, 2.45) is 0 Å². The lowest BCUT2D eigenvalue weighted by molar-refractivity contribution is 0.367. The Morgan fingerprint density at radius 3 is 0.926 bits per heavy atom. The van der Waals surface area contributed by atoms with E-state index in [1.165, 1.54) is 46.5 Å². The molecule has 3 aromatic carbocycles. The minimum absolute atomic E-state index is 0. The standard InChI is InChI=1S/C19H16O5.2C12H12N2.2H2O/c20-14-7-3-1-5-12(14)18(13-6-2-4-8-15(13)21)11-9-16(22)19(24)17(23)10-11;2*1(11-3-7-13-8-4-11)2-12-5-9-14-10-6-12;;/h1-10,18,20-24H;2*3-10H,1-2H2;2*1H2. The van der Waals surface area contributed by atoms with Gasteiger partial charge in [-0.15, -0.1) is 0 Å². The number of aryl methyl sites for hydroxylation is 4. The summed E-state index contributed by atoms with van der Waals surface area (Å²) < 4.78 is 0. The first-order valence-corrected chi connectivity index (χ1v) is 16.7. The summed E-state index contributed by atoms with van der Waals surface area (Å²) in [6, 6.07) is 32.3. The first-order chi connectivity index (χ1) is 25.4. The second-order valence-electron chi connectivity index (χ2n) is 11.9. The molecule has 0 fully saturated rings. The van der Waals surface area contributed by atoms with Gasteiger partial charge >= 0.3 is 0 Å². The molecule has 0 spiro atoms. The van der Waals surface area contributed by atoms with E-state index in [4.69, 9.17) is 0 Å². The number of benzene rings is 3. The van der Waals surface area contributed by atoms with Crippen molar-refractivity contribution in [3.63, 3.8) is 0 Å². The Morgan fingerprint density at radius 1 is 0.370 bits per heavy atom. The molecule has 0 radical (unpaired) electrons. The van der Waals surface area contributed by atoms with Crippen LogP contribution in [0.4, 0.5) is 0 Å². The molecule has 54 heavy (non-hydrogen) atoms. The first kappa shape index (κ1) is 41.6. The van der Waals surface area contributed by atoms with E-state index in [9.17, 15) is 25.5 Å². The van der Waals surface area contributed by atoms with Crippen molar-refractivity contribution < 1.29 is 36.5 Å². The molecule has 0 aliphatic heterocycles. The van der Waals surface area contributed by atoms with Gasteiger partial charge < -0.3 is 36.5 Å². The predicted octanol–water partition coefficient (Wildman–Crippen LogP) is 6.27. The van der Waals surface area contributed by atoms with Crippen LogP contribution >= 0.6 is 0 Å². The molecule has 11 nitrogen and oxygen atoms in total. The highest BCUT2D eigenvalue weighted by Gasteiger charge is 2.24. The molecule has 11 heteroatoms. The Hall–Kier alpha value is -6.82. The number of hydrogen-bond acceptors (Lipinski definition) is 9. The zero-order chi connectivity index (χ0) is 36.5. The zero-order valence-corrected chi connectivity index (χ0v) is 29.4. The molecule has 0 aliphatic rings. The zero-order valence-electron chi connectivity index (χ0n) is 29.4. The van der Waals surface area contributed by atoms with E-state index >= 15 is 0 Å². The highest BCUT2D eigenvalue weighted by molar-refractivity contribution is 5.58. The molecule has 0 amide bonds. The summed E-state index contributed by atoms with van der Waals surface area (Å²) in [7, 11) is 0. The Kier molecular flexibility index (Phi) is 16.6. The van der Waals surface area contributed by atoms with Gasteiger partial charge in [0.25, 0.3) is 0 Å². The molecule has 0 saturated heterocycles. The van der Waals surface area contributed by atoms with Crippen LogP contribution in [0, 0.1) is 0 Å². The fraction of sp³-hybridized carbons (Fsp3) is 0.116. The van der Waals surface area contributed by atoms with Gasteiger partial charge in [0, 0.05) is 66.6 Å². The molecular weight excluding hydrogens is 684 g/mol. The summed E-state index contributed by atoms with van der Waals surface area (Å²) in [6.07, 6.45) is 18.9. The van der Waals surface area contributed by atoms with E-state index in [0.29, 0.717) is 16.7 Å². The smallest absolute Gasteiger partial charge is 0.200 e. The molecule has 0 atom stereocenters. The maximum Gasteiger partial charge on any atom is 0.200 e. The van der Waals surface area contributed by atoms with Crippen LogP contribution in [-0.2, 0) is 25.7 Å². The normalized spacial score (nSPS) is 10.0. The van der Waals surface area contributed by atoms with Crippen molar-refractivity contribution in [2.75, 3.05) is 0 Å². The molecule has 7 rings (SSSR count). The van der Waals surface area contributed by atoms with E-state index in [1.54, 1.807) is 36.4 Å². The number of aromatic nitrogens is 4. The van der Waals surface area contributed by atoms with Gasteiger partial charge in [-0.1, -0.05) is 36.4 Å². The number of aromatic hydroxyl groups is 5. The number of phenolic OH excluding ortho intramolecular Hbond substituents is 5. The SMILES string of the molecule is O.O.Oc1ccccc1C(c1cc(O)c(O)c(O)c1)c1ccccc1O.c1cc(CCc2ccncc2)ccn1.c1cc(CCc2ccncc2)ccn1. The lowest BCUT2D eigenvalue weighted by Crippen LogP contribution is -2.04.